The monoisotopic (exact) mass is 255 g/mol. The maximum atomic E-state index is 9.39. The third-order valence-electron chi connectivity index (χ3n) is 3.45. The van der Waals surface area contributed by atoms with E-state index in [2.05, 4.69) is 17.4 Å². The largest absolute Gasteiger partial charge is 0.508 e. The maximum Gasteiger partial charge on any atom is 0.122 e. The number of phenols is 1. The predicted molar refractivity (Wildman–Crippen MR) is 75.8 cm³/mol. The Kier molecular flexibility index (Phi) is 3.03. The second kappa shape index (κ2) is 4.84. The molecule has 1 heterocycles. The van der Waals surface area contributed by atoms with Crippen LogP contribution in [0.3, 0.4) is 0 Å². The second-order valence-electron chi connectivity index (χ2n) is 4.89. The molecule has 0 aromatic heterocycles. The van der Waals surface area contributed by atoms with Crippen molar-refractivity contribution in [3.8, 4) is 11.5 Å². The first-order chi connectivity index (χ1) is 9.22. The number of nitrogens with one attached hydrogen (secondary N) is 1. The van der Waals surface area contributed by atoms with Gasteiger partial charge in [-0.25, -0.2) is 0 Å². The minimum atomic E-state index is 0.303. The highest BCUT2D eigenvalue weighted by atomic mass is 16.5. The first kappa shape index (κ1) is 11.9. The van der Waals surface area contributed by atoms with Gasteiger partial charge in [0.15, 0.2) is 0 Å². The average Bonchev–Trinajstić information content (AvgIpc) is 2.85. The molecule has 2 aromatic rings. The number of hydrogen-bond acceptors (Lipinski definition) is 3. The second-order valence-corrected chi connectivity index (χ2v) is 4.89. The van der Waals surface area contributed by atoms with Crippen molar-refractivity contribution >= 4 is 5.69 Å². The molecular weight excluding hydrogens is 238 g/mol. The molecule has 3 heteroatoms. The summed E-state index contributed by atoms with van der Waals surface area (Å²) in [5.74, 6) is 1.32. The molecule has 2 N–H and O–H groups in total. The van der Waals surface area contributed by atoms with Gasteiger partial charge in [0, 0.05) is 18.7 Å². The van der Waals surface area contributed by atoms with Gasteiger partial charge in [-0.2, -0.15) is 0 Å². The Hall–Kier alpha value is -2.16. The normalized spacial score (nSPS) is 12.9. The van der Waals surface area contributed by atoms with Gasteiger partial charge in [0.2, 0.25) is 0 Å². The van der Waals surface area contributed by atoms with Gasteiger partial charge in [0.25, 0.3) is 0 Å². The van der Waals surface area contributed by atoms with Crippen LogP contribution in [-0.2, 0) is 13.0 Å². The molecule has 0 fully saturated rings. The van der Waals surface area contributed by atoms with Crippen molar-refractivity contribution in [2.45, 2.75) is 19.9 Å². The Morgan fingerprint density at radius 2 is 2.11 bits per heavy atom. The molecule has 0 saturated carbocycles. The highest BCUT2D eigenvalue weighted by Gasteiger charge is 2.11. The van der Waals surface area contributed by atoms with Crippen LogP contribution < -0.4 is 10.1 Å². The first-order valence-corrected chi connectivity index (χ1v) is 6.50. The van der Waals surface area contributed by atoms with Gasteiger partial charge in [-0.3, -0.25) is 0 Å². The Labute approximate surface area is 112 Å². The van der Waals surface area contributed by atoms with Crippen LogP contribution in [0.1, 0.15) is 16.7 Å². The average molecular weight is 255 g/mol. The van der Waals surface area contributed by atoms with Gasteiger partial charge in [-0.15, -0.1) is 0 Å². The molecule has 0 spiro atoms. The molecule has 0 aliphatic carbocycles. The summed E-state index contributed by atoms with van der Waals surface area (Å²) < 4.78 is 5.50. The number of fused-ring (bicyclic) bond motifs is 1. The summed E-state index contributed by atoms with van der Waals surface area (Å²) in [5, 5.41) is 12.8. The lowest BCUT2D eigenvalue weighted by Crippen LogP contribution is -2.01. The quantitative estimate of drug-likeness (QED) is 0.827. The molecule has 0 radical (unpaired) electrons. The fourth-order valence-electron chi connectivity index (χ4n) is 2.39. The molecule has 19 heavy (non-hydrogen) atoms. The number of anilines is 1. The molecule has 0 unspecified atom stereocenters. The van der Waals surface area contributed by atoms with E-state index in [0.29, 0.717) is 5.75 Å². The van der Waals surface area contributed by atoms with Gasteiger partial charge in [0.05, 0.1) is 6.61 Å². The zero-order valence-electron chi connectivity index (χ0n) is 10.9. The van der Waals surface area contributed by atoms with E-state index in [-0.39, 0.29) is 0 Å². The molecule has 98 valence electrons. The highest BCUT2D eigenvalue weighted by Crippen LogP contribution is 2.26. The van der Waals surface area contributed by atoms with Crippen molar-refractivity contribution in [2.24, 2.45) is 0 Å². The molecule has 0 bridgehead atoms. The van der Waals surface area contributed by atoms with Gasteiger partial charge in [0.1, 0.15) is 11.5 Å². The van der Waals surface area contributed by atoms with Crippen molar-refractivity contribution in [2.75, 3.05) is 11.9 Å². The Balaban J connectivity index is 1.72. The fraction of sp³-hybridized carbons (Fsp3) is 0.250. The lowest BCUT2D eigenvalue weighted by atomic mass is 10.1. The SMILES string of the molecule is Cc1cc(O)ccc1NCc1ccc2c(c1)CCO2. The number of aromatic hydroxyl groups is 1. The zero-order valence-corrected chi connectivity index (χ0v) is 10.9. The Morgan fingerprint density at radius 3 is 2.95 bits per heavy atom. The zero-order chi connectivity index (χ0) is 13.2. The molecule has 0 saturated heterocycles. The standard InChI is InChI=1S/C16H17NO2/c1-11-8-14(18)3-4-15(11)17-10-12-2-5-16-13(9-12)6-7-19-16/h2-5,8-9,17-18H,6-7,10H2,1H3. The molecule has 3 rings (SSSR count). The van der Waals surface area contributed by atoms with Gasteiger partial charge in [-0.1, -0.05) is 12.1 Å². The molecular formula is C16H17NO2. The van der Waals surface area contributed by atoms with Crippen LogP contribution in [0, 0.1) is 6.92 Å². The van der Waals surface area contributed by atoms with E-state index in [1.54, 1.807) is 12.1 Å². The molecule has 0 amide bonds. The lowest BCUT2D eigenvalue weighted by Gasteiger charge is -2.10. The van der Waals surface area contributed by atoms with E-state index in [9.17, 15) is 5.11 Å². The number of phenolic OH excluding ortho intramolecular Hbond substituents is 1. The van der Waals surface area contributed by atoms with Crippen LogP contribution in [0.15, 0.2) is 36.4 Å². The van der Waals surface area contributed by atoms with E-state index < -0.39 is 0 Å². The third-order valence-corrected chi connectivity index (χ3v) is 3.45. The summed E-state index contributed by atoms with van der Waals surface area (Å²) in [6.07, 6.45) is 1.00. The summed E-state index contributed by atoms with van der Waals surface area (Å²) in [6.45, 7) is 3.56. The molecule has 1 aliphatic heterocycles. The highest BCUT2D eigenvalue weighted by molar-refractivity contribution is 5.53. The summed E-state index contributed by atoms with van der Waals surface area (Å²) >= 11 is 0. The Bertz CT molecular complexity index is 608. The van der Waals surface area contributed by atoms with Crippen molar-refractivity contribution in [3.63, 3.8) is 0 Å². The summed E-state index contributed by atoms with van der Waals surface area (Å²) in [6, 6.07) is 11.7. The Morgan fingerprint density at radius 1 is 1.21 bits per heavy atom. The van der Waals surface area contributed by atoms with Crippen molar-refractivity contribution in [1.82, 2.24) is 0 Å². The maximum absolute atomic E-state index is 9.39. The minimum Gasteiger partial charge on any atom is -0.508 e. The van der Waals surface area contributed by atoms with Crippen LogP contribution in [0.4, 0.5) is 5.69 Å². The van der Waals surface area contributed by atoms with E-state index in [4.69, 9.17) is 4.74 Å². The summed E-state index contributed by atoms with van der Waals surface area (Å²) in [5.41, 5.74) is 4.64. The molecule has 2 aromatic carbocycles. The van der Waals surface area contributed by atoms with Gasteiger partial charge < -0.3 is 15.2 Å². The molecule has 1 aliphatic rings. The number of benzene rings is 2. The van der Waals surface area contributed by atoms with Crippen LogP contribution in [0.2, 0.25) is 0 Å². The van der Waals surface area contributed by atoms with E-state index in [1.165, 1.54) is 11.1 Å². The van der Waals surface area contributed by atoms with Crippen LogP contribution >= 0.6 is 0 Å². The van der Waals surface area contributed by atoms with Crippen LogP contribution in [-0.4, -0.2) is 11.7 Å². The number of rotatable bonds is 3. The topological polar surface area (TPSA) is 41.5 Å². The lowest BCUT2D eigenvalue weighted by molar-refractivity contribution is 0.357. The number of ether oxygens (including phenoxy) is 1. The van der Waals surface area contributed by atoms with Gasteiger partial charge >= 0.3 is 0 Å². The van der Waals surface area contributed by atoms with Crippen molar-refractivity contribution in [1.29, 1.82) is 0 Å². The smallest absolute Gasteiger partial charge is 0.122 e. The van der Waals surface area contributed by atoms with Crippen LogP contribution in [0.5, 0.6) is 11.5 Å². The first-order valence-electron chi connectivity index (χ1n) is 6.50. The predicted octanol–water partition coefficient (Wildman–Crippen LogP) is 3.25. The van der Waals surface area contributed by atoms with Gasteiger partial charge in [-0.05, 0) is 47.9 Å². The van der Waals surface area contributed by atoms with Crippen molar-refractivity contribution in [3.05, 3.63) is 53.1 Å². The molecule has 3 nitrogen and oxygen atoms in total. The van der Waals surface area contributed by atoms with Crippen molar-refractivity contribution < 1.29 is 9.84 Å². The summed E-state index contributed by atoms with van der Waals surface area (Å²) in [4.78, 5) is 0. The van der Waals surface area contributed by atoms with Crippen LogP contribution in [0.25, 0.3) is 0 Å². The molecule has 0 atom stereocenters. The minimum absolute atomic E-state index is 0.303. The van der Waals surface area contributed by atoms with E-state index in [0.717, 1.165) is 36.6 Å². The number of hydrogen-bond donors (Lipinski definition) is 2. The summed E-state index contributed by atoms with van der Waals surface area (Å²) in [7, 11) is 0. The van der Waals surface area contributed by atoms with E-state index >= 15 is 0 Å². The fourth-order valence-corrected chi connectivity index (χ4v) is 2.39. The number of aryl methyl sites for hydroxylation is 1. The third kappa shape index (κ3) is 2.50. The van der Waals surface area contributed by atoms with E-state index in [1.807, 2.05) is 19.1 Å².